The molecule has 0 radical (unpaired) electrons. The molecule has 0 saturated carbocycles. The van der Waals surface area contributed by atoms with Gasteiger partial charge in [0.2, 0.25) is 5.91 Å². The lowest BCUT2D eigenvalue weighted by Crippen LogP contribution is -2.58. The zero-order chi connectivity index (χ0) is 18.8. The molecule has 0 spiro atoms. The number of anilines is 2. The number of carbonyl (C=O) groups is 1. The van der Waals surface area contributed by atoms with Gasteiger partial charge in [-0.2, -0.15) is 0 Å². The number of piperidine rings is 1. The van der Waals surface area contributed by atoms with Crippen molar-refractivity contribution >= 4 is 17.3 Å². The minimum atomic E-state index is -0.314. The molecule has 2 fully saturated rings. The molecule has 142 valence electrons. The van der Waals surface area contributed by atoms with E-state index in [0.29, 0.717) is 0 Å². The highest BCUT2D eigenvalue weighted by atomic mass is 19.1. The van der Waals surface area contributed by atoms with Gasteiger partial charge in [-0.05, 0) is 31.9 Å². The summed E-state index contributed by atoms with van der Waals surface area (Å²) in [7, 11) is 0. The molecule has 1 aromatic carbocycles. The van der Waals surface area contributed by atoms with Crippen LogP contribution in [0.5, 0.6) is 0 Å². The molecule has 4 rings (SSSR count). The summed E-state index contributed by atoms with van der Waals surface area (Å²) in [5.41, 5.74) is 2.99. The van der Waals surface area contributed by atoms with Crippen LogP contribution in [-0.4, -0.2) is 54.6 Å². The van der Waals surface area contributed by atoms with Gasteiger partial charge in [-0.15, -0.1) is 0 Å². The quantitative estimate of drug-likeness (QED) is 0.835. The minimum Gasteiger partial charge on any atom is -0.368 e. The first-order chi connectivity index (χ1) is 13.1. The standard InChI is InChI=1S/C21H25FN4O/c1-16-4-6-18(7-5-16)26-8-2-3-20(21(26)27)25-11-9-24(10-12-25)19-13-17(22)14-23-15-19/h4-7,13-15,20H,2-3,8-12H2,1H3/t20-/m0/s1. The van der Waals surface area contributed by atoms with E-state index in [-0.39, 0.29) is 17.8 Å². The van der Waals surface area contributed by atoms with Crippen molar-refractivity contribution in [3.8, 4) is 0 Å². The van der Waals surface area contributed by atoms with Gasteiger partial charge in [0.05, 0.1) is 24.1 Å². The Kier molecular flexibility index (Phi) is 5.07. The molecule has 2 aliphatic rings. The van der Waals surface area contributed by atoms with Crippen LogP contribution in [-0.2, 0) is 4.79 Å². The van der Waals surface area contributed by atoms with E-state index in [1.54, 1.807) is 6.20 Å². The SMILES string of the molecule is Cc1ccc(N2CCC[C@H](N3CCN(c4cncc(F)c4)CC3)C2=O)cc1. The average molecular weight is 368 g/mol. The third-order valence-corrected chi connectivity index (χ3v) is 5.57. The molecule has 0 aliphatic carbocycles. The third kappa shape index (κ3) is 3.81. The smallest absolute Gasteiger partial charge is 0.244 e. The van der Waals surface area contributed by atoms with Crippen LogP contribution >= 0.6 is 0 Å². The summed E-state index contributed by atoms with van der Waals surface area (Å²) in [5.74, 6) is -0.114. The van der Waals surface area contributed by atoms with Crippen molar-refractivity contribution in [3.05, 3.63) is 54.1 Å². The van der Waals surface area contributed by atoms with Gasteiger partial charge in [-0.25, -0.2) is 4.39 Å². The fraction of sp³-hybridized carbons (Fsp3) is 0.429. The van der Waals surface area contributed by atoms with Crippen molar-refractivity contribution in [2.45, 2.75) is 25.8 Å². The average Bonchev–Trinajstić information content (AvgIpc) is 2.69. The molecule has 2 aromatic rings. The third-order valence-electron chi connectivity index (χ3n) is 5.57. The number of carbonyl (C=O) groups excluding carboxylic acids is 1. The van der Waals surface area contributed by atoms with Gasteiger partial charge >= 0.3 is 0 Å². The Bertz CT molecular complexity index is 802. The maximum Gasteiger partial charge on any atom is 0.244 e. The summed E-state index contributed by atoms with van der Waals surface area (Å²) in [6, 6.07) is 9.63. The highest BCUT2D eigenvalue weighted by Gasteiger charge is 2.35. The molecule has 27 heavy (non-hydrogen) atoms. The maximum atomic E-state index is 13.4. The van der Waals surface area contributed by atoms with Gasteiger partial charge in [-0.1, -0.05) is 17.7 Å². The first kappa shape index (κ1) is 17.9. The number of halogens is 1. The Hall–Kier alpha value is -2.47. The monoisotopic (exact) mass is 368 g/mol. The Morgan fingerprint density at radius 2 is 1.74 bits per heavy atom. The number of benzene rings is 1. The summed E-state index contributed by atoms with van der Waals surface area (Å²) < 4.78 is 13.4. The van der Waals surface area contributed by atoms with Crippen molar-refractivity contribution in [1.29, 1.82) is 0 Å². The van der Waals surface area contributed by atoms with Crippen molar-refractivity contribution in [3.63, 3.8) is 0 Å². The van der Waals surface area contributed by atoms with Crippen molar-refractivity contribution in [1.82, 2.24) is 9.88 Å². The molecule has 6 heteroatoms. The van der Waals surface area contributed by atoms with Crippen LogP contribution in [0.3, 0.4) is 0 Å². The molecular weight excluding hydrogens is 343 g/mol. The number of aryl methyl sites for hydroxylation is 1. The number of aromatic nitrogens is 1. The predicted octanol–water partition coefficient (Wildman–Crippen LogP) is 2.85. The largest absolute Gasteiger partial charge is 0.368 e. The fourth-order valence-electron chi connectivity index (χ4n) is 4.04. The van der Waals surface area contributed by atoms with Gasteiger partial charge in [0.1, 0.15) is 5.82 Å². The molecule has 1 atom stereocenters. The van der Waals surface area contributed by atoms with Crippen LogP contribution in [0.1, 0.15) is 18.4 Å². The van der Waals surface area contributed by atoms with Crippen LogP contribution in [0.25, 0.3) is 0 Å². The number of amides is 1. The summed E-state index contributed by atoms with van der Waals surface area (Å²) in [5, 5.41) is 0. The Morgan fingerprint density at radius 3 is 2.44 bits per heavy atom. The Morgan fingerprint density at radius 1 is 1.00 bits per heavy atom. The molecule has 1 aromatic heterocycles. The van der Waals surface area contributed by atoms with Crippen molar-refractivity contribution in [2.24, 2.45) is 0 Å². The lowest BCUT2D eigenvalue weighted by atomic mass is 10.0. The molecule has 3 heterocycles. The van der Waals surface area contributed by atoms with Gasteiger partial charge < -0.3 is 9.80 Å². The van der Waals surface area contributed by atoms with Crippen LogP contribution in [0.4, 0.5) is 15.8 Å². The molecule has 0 unspecified atom stereocenters. The molecule has 2 aliphatic heterocycles. The molecule has 0 N–H and O–H groups in total. The lowest BCUT2D eigenvalue weighted by molar-refractivity contribution is -0.125. The first-order valence-corrected chi connectivity index (χ1v) is 9.59. The molecule has 0 bridgehead atoms. The van der Waals surface area contributed by atoms with Gasteiger partial charge in [0, 0.05) is 44.5 Å². The van der Waals surface area contributed by atoms with Gasteiger partial charge in [0.25, 0.3) is 0 Å². The topological polar surface area (TPSA) is 39.7 Å². The molecule has 2 saturated heterocycles. The second-order valence-electron chi connectivity index (χ2n) is 7.37. The van der Waals surface area contributed by atoms with Gasteiger partial charge in [0.15, 0.2) is 0 Å². The van der Waals surface area contributed by atoms with Crippen LogP contribution in [0.15, 0.2) is 42.7 Å². The van der Waals surface area contributed by atoms with E-state index < -0.39 is 0 Å². The van der Waals surface area contributed by atoms with E-state index in [9.17, 15) is 9.18 Å². The fourth-order valence-corrected chi connectivity index (χ4v) is 4.04. The number of pyridine rings is 1. The van der Waals surface area contributed by atoms with E-state index in [1.165, 1.54) is 17.8 Å². The number of rotatable bonds is 3. The Balaban J connectivity index is 1.41. The predicted molar refractivity (Wildman–Crippen MR) is 105 cm³/mol. The second kappa shape index (κ2) is 7.64. The summed E-state index contributed by atoms with van der Waals surface area (Å²) in [4.78, 5) is 23.4. The van der Waals surface area contributed by atoms with Crippen LogP contribution < -0.4 is 9.80 Å². The van der Waals surface area contributed by atoms with Gasteiger partial charge in [-0.3, -0.25) is 14.7 Å². The second-order valence-corrected chi connectivity index (χ2v) is 7.37. The van der Waals surface area contributed by atoms with E-state index >= 15 is 0 Å². The molecular formula is C21H25FN4O. The summed E-state index contributed by atoms with van der Waals surface area (Å²) >= 11 is 0. The maximum absolute atomic E-state index is 13.4. The van der Waals surface area contributed by atoms with E-state index in [1.807, 2.05) is 17.0 Å². The Labute approximate surface area is 159 Å². The number of piperazine rings is 1. The van der Waals surface area contributed by atoms with E-state index in [4.69, 9.17) is 0 Å². The van der Waals surface area contributed by atoms with E-state index in [0.717, 1.165) is 56.9 Å². The molecule has 5 nitrogen and oxygen atoms in total. The summed E-state index contributed by atoms with van der Waals surface area (Å²) in [6.07, 6.45) is 4.84. The highest BCUT2D eigenvalue weighted by molar-refractivity contribution is 5.98. The first-order valence-electron chi connectivity index (χ1n) is 9.59. The number of hydrogen-bond donors (Lipinski definition) is 0. The van der Waals surface area contributed by atoms with Crippen molar-refractivity contribution < 1.29 is 9.18 Å². The molecule has 1 amide bonds. The van der Waals surface area contributed by atoms with Crippen LogP contribution in [0, 0.1) is 12.7 Å². The lowest BCUT2D eigenvalue weighted by Gasteiger charge is -2.43. The number of nitrogens with zero attached hydrogens (tertiary/aromatic N) is 4. The zero-order valence-electron chi connectivity index (χ0n) is 15.6. The zero-order valence-corrected chi connectivity index (χ0v) is 15.6. The van der Waals surface area contributed by atoms with Crippen molar-refractivity contribution in [2.75, 3.05) is 42.5 Å². The normalized spacial score (nSPS) is 21.6. The van der Waals surface area contributed by atoms with Crippen LogP contribution in [0.2, 0.25) is 0 Å². The minimum absolute atomic E-state index is 0.0622. The van der Waals surface area contributed by atoms with E-state index in [2.05, 4.69) is 33.8 Å². The highest BCUT2D eigenvalue weighted by Crippen LogP contribution is 2.26. The number of hydrogen-bond acceptors (Lipinski definition) is 4. The summed E-state index contributed by atoms with van der Waals surface area (Å²) in [6.45, 7) is 5.99.